The molecule has 170 valence electrons. The van der Waals surface area contributed by atoms with Gasteiger partial charge in [0.15, 0.2) is 0 Å². The van der Waals surface area contributed by atoms with Crippen molar-refractivity contribution in [1.29, 1.82) is 0 Å². The van der Waals surface area contributed by atoms with Crippen molar-refractivity contribution in [2.45, 2.75) is 38.6 Å². The second-order valence-electron chi connectivity index (χ2n) is 8.61. The zero-order valence-electron chi connectivity index (χ0n) is 18.2. The highest BCUT2D eigenvalue weighted by Crippen LogP contribution is 2.34. The minimum Gasteiger partial charge on any atom is -0.368 e. The molecule has 5 rings (SSSR count). The third-order valence-electron chi connectivity index (χ3n) is 6.59. The van der Waals surface area contributed by atoms with Gasteiger partial charge in [0, 0.05) is 56.4 Å². The van der Waals surface area contributed by atoms with Crippen LogP contribution in [0.4, 0.5) is 16.0 Å². The molecule has 0 N–H and O–H groups in total. The van der Waals surface area contributed by atoms with Crippen molar-refractivity contribution in [3.63, 3.8) is 0 Å². The Morgan fingerprint density at radius 2 is 1.84 bits per heavy atom. The van der Waals surface area contributed by atoms with Gasteiger partial charge in [-0.25, -0.2) is 0 Å². The lowest BCUT2D eigenvalue weighted by Crippen LogP contribution is -2.54. The maximum atomic E-state index is 13.4. The molecular formula is C22H27ClN6O2S. The molecule has 10 heteroatoms. The third-order valence-corrected chi connectivity index (χ3v) is 7.81. The number of hydrogen-bond acceptors (Lipinski definition) is 7. The number of rotatable bonds is 4. The molecule has 1 aromatic carbocycles. The van der Waals surface area contributed by atoms with E-state index in [4.69, 9.17) is 11.6 Å². The summed E-state index contributed by atoms with van der Waals surface area (Å²) in [5, 5.41) is 10.7. The number of halogens is 1. The average Bonchev–Trinajstić information content (AvgIpc) is 3.55. The Morgan fingerprint density at radius 1 is 1.06 bits per heavy atom. The Morgan fingerprint density at radius 3 is 2.59 bits per heavy atom. The van der Waals surface area contributed by atoms with Crippen LogP contribution >= 0.6 is 22.9 Å². The second kappa shape index (κ2) is 8.86. The summed E-state index contributed by atoms with van der Waals surface area (Å²) in [6, 6.07) is 5.75. The minimum absolute atomic E-state index is 0.106. The molecule has 2 amide bonds. The molecule has 0 aliphatic carbocycles. The molecule has 1 aromatic heterocycles. The van der Waals surface area contributed by atoms with E-state index in [1.807, 2.05) is 23.1 Å². The first-order chi connectivity index (χ1) is 15.5. The fourth-order valence-electron chi connectivity index (χ4n) is 4.84. The van der Waals surface area contributed by atoms with Crippen LogP contribution in [0.5, 0.6) is 0 Å². The van der Waals surface area contributed by atoms with Gasteiger partial charge in [-0.3, -0.25) is 14.5 Å². The molecule has 3 aliphatic heterocycles. The maximum absolute atomic E-state index is 13.4. The zero-order chi connectivity index (χ0) is 22.2. The Kier molecular flexibility index (Phi) is 5.94. The van der Waals surface area contributed by atoms with Crippen LogP contribution in [0.25, 0.3) is 0 Å². The maximum Gasteiger partial charge on any atom is 0.245 e. The fraction of sp³-hybridized carbons (Fsp3) is 0.545. The van der Waals surface area contributed by atoms with E-state index in [0.717, 1.165) is 54.7 Å². The van der Waals surface area contributed by atoms with Gasteiger partial charge in [0.1, 0.15) is 6.04 Å². The van der Waals surface area contributed by atoms with E-state index in [2.05, 4.69) is 26.9 Å². The molecule has 8 nitrogen and oxygen atoms in total. The Bertz CT molecular complexity index is 1020. The van der Waals surface area contributed by atoms with Gasteiger partial charge >= 0.3 is 0 Å². The van der Waals surface area contributed by atoms with Crippen molar-refractivity contribution in [1.82, 2.24) is 15.1 Å². The van der Waals surface area contributed by atoms with Crippen LogP contribution < -0.4 is 14.7 Å². The summed E-state index contributed by atoms with van der Waals surface area (Å²) in [5.41, 5.74) is 2.34. The first-order valence-corrected chi connectivity index (χ1v) is 12.4. The molecule has 0 bridgehead atoms. The van der Waals surface area contributed by atoms with Crippen LogP contribution in [0.3, 0.4) is 0 Å². The molecule has 3 fully saturated rings. The first-order valence-electron chi connectivity index (χ1n) is 11.2. The van der Waals surface area contributed by atoms with E-state index in [0.29, 0.717) is 31.2 Å². The number of anilines is 3. The number of piperazine rings is 1. The summed E-state index contributed by atoms with van der Waals surface area (Å²) < 4.78 is 0. The molecule has 4 heterocycles. The van der Waals surface area contributed by atoms with E-state index in [-0.39, 0.29) is 17.9 Å². The molecule has 3 saturated heterocycles. The topological polar surface area (TPSA) is 72.9 Å². The summed E-state index contributed by atoms with van der Waals surface area (Å²) in [6.07, 6.45) is 3.21. The number of nitrogens with zero attached hydrogens (tertiary/aromatic N) is 6. The predicted molar refractivity (Wildman–Crippen MR) is 127 cm³/mol. The molecule has 0 spiro atoms. The van der Waals surface area contributed by atoms with Crippen LogP contribution in [0.1, 0.15) is 31.2 Å². The van der Waals surface area contributed by atoms with E-state index in [9.17, 15) is 9.59 Å². The number of carbonyl (C=O) groups is 2. The quantitative estimate of drug-likeness (QED) is 0.678. The largest absolute Gasteiger partial charge is 0.368 e. The van der Waals surface area contributed by atoms with Gasteiger partial charge in [0.05, 0.1) is 0 Å². The first kappa shape index (κ1) is 21.5. The molecule has 0 radical (unpaired) electrons. The molecule has 2 aromatic rings. The lowest BCUT2D eigenvalue weighted by molar-refractivity contribution is -0.132. The minimum atomic E-state index is -0.204. The van der Waals surface area contributed by atoms with Crippen molar-refractivity contribution in [3.05, 3.63) is 28.8 Å². The van der Waals surface area contributed by atoms with Gasteiger partial charge in [-0.1, -0.05) is 29.0 Å². The Hall–Kier alpha value is -2.39. The Labute approximate surface area is 196 Å². The van der Waals surface area contributed by atoms with Crippen molar-refractivity contribution in [2.24, 2.45) is 0 Å². The number of amides is 2. The lowest BCUT2D eigenvalue weighted by Gasteiger charge is -2.38. The van der Waals surface area contributed by atoms with E-state index >= 15 is 0 Å². The van der Waals surface area contributed by atoms with Crippen LogP contribution in [-0.4, -0.2) is 72.2 Å². The standard InChI is InChI=1S/C22H27ClN6O2S/c1-15-6-7-16(23)14-18(15)26-10-12-27(13-11-26)20(31)17-4-2-8-28(17)21-24-25-22(32-21)29-9-3-5-19(29)30/h6-7,14,17H,2-5,8-13H2,1H3/t17-/m1/s1. The number of carbonyl (C=O) groups excluding carboxylic acids is 2. The highest BCUT2D eigenvalue weighted by molar-refractivity contribution is 7.19. The van der Waals surface area contributed by atoms with Crippen molar-refractivity contribution in [3.8, 4) is 0 Å². The van der Waals surface area contributed by atoms with Crippen molar-refractivity contribution in [2.75, 3.05) is 54.0 Å². The molecule has 0 saturated carbocycles. The third kappa shape index (κ3) is 4.03. The lowest BCUT2D eigenvalue weighted by atomic mass is 10.1. The van der Waals surface area contributed by atoms with Gasteiger partial charge in [-0.15, -0.1) is 10.2 Å². The van der Waals surface area contributed by atoms with Crippen molar-refractivity contribution >= 4 is 50.7 Å². The van der Waals surface area contributed by atoms with Crippen LogP contribution in [0.2, 0.25) is 5.02 Å². The predicted octanol–water partition coefficient (Wildman–Crippen LogP) is 2.94. The smallest absolute Gasteiger partial charge is 0.245 e. The number of benzene rings is 1. The van der Waals surface area contributed by atoms with Crippen molar-refractivity contribution < 1.29 is 9.59 Å². The highest BCUT2D eigenvalue weighted by Gasteiger charge is 2.37. The summed E-state index contributed by atoms with van der Waals surface area (Å²) in [4.78, 5) is 33.5. The highest BCUT2D eigenvalue weighted by atomic mass is 35.5. The van der Waals surface area contributed by atoms with Crippen LogP contribution in [-0.2, 0) is 9.59 Å². The molecule has 0 unspecified atom stereocenters. The van der Waals surface area contributed by atoms with Crippen LogP contribution in [0, 0.1) is 6.92 Å². The average molecular weight is 475 g/mol. The summed E-state index contributed by atoms with van der Waals surface area (Å²) in [7, 11) is 0. The number of aromatic nitrogens is 2. The molecule has 1 atom stereocenters. The monoisotopic (exact) mass is 474 g/mol. The normalized spacial score (nSPS) is 21.7. The molecular weight excluding hydrogens is 448 g/mol. The number of hydrogen-bond donors (Lipinski definition) is 0. The van der Waals surface area contributed by atoms with Gasteiger partial charge < -0.3 is 14.7 Å². The number of aryl methyl sites for hydroxylation is 1. The summed E-state index contributed by atoms with van der Waals surface area (Å²) in [6.45, 7) is 6.55. The van der Waals surface area contributed by atoms with Gasteiger partial charge in [0.25, 0.3) is 0 Å². The zero-order valence-corrected chi connectivity index (χ0v) is 19.7. The van der Waals surface area contributed by atoms with Crippen LogP contribution in [0.15, 0.2) is 18.2 Å². The van der Waals surface area contributed by atoms with E-state index < -0.39 is 0 Å². The summed E-state index contributed by atoms with van der Waals surface area (Å²) >= 11 is 7.62. The van der Waals surface area contributed by atoms with E-state index in [1.54, 1.807) is 4.90 Å². The van der Waals surface area contributed by atoms with E-state index in [1.165, 1.54) is 16.9 Å². The summed E-state index contributed by atoms with van der Waals surface area (Å²) in [5.74, 6) is 0.272. The fourth-order valence-corrected chi connectivity index (χ4v) is 5.97. The van der Waals surface area contributed by atoms with Gasteiger partial charge in [-0.2, -0.15) is 0 Å². The van der Waals surface area contributed by atoms with Gasteiger partial charge in [0.2, 0.25) is 22.1 Å². The second-order valence-corrected chi connectivity index (χ2v) is 9.98. The molecule has 32 heavy (non-hydrogen) atoms. The SMILES string of the molecule is Cc1ccc(Cl)cc1N1CCN(C(=O)[C@H]2CCCN2c2nnc(N3CCCC3=O)s2)CC1. The molecule has 3 aliphatic rings. The van der Waals surface area contributed by atoms with Gasteiger partial charge in [-0.05, 0) is 43.9 Å². The Balaban J connectivity index is 1.24.